The van der Waals surface area contributed by atoms with Crippen LogP contribution in [0.1, 0.15) is 22.5 Å². The van der Waals surface area contributed by atoms with Gasteiger partial charge in [0.25, 0.3) is 5.91 Å². The summed E-state index contributed by atoms with van der Waals surface area (Å²) >= 11 is 0. The Morgan fingerprint density at radius 2 is 2.38 bits per heavy atom. The molecule has 2 rings (SSSR count). The lowest BCUT2D eigenvalue weighted by molar-refractivity contribution is 0.0710. The van der Waals surface area contributed by atoms with Crippen LogP contribution < -0.4 is 5.32 Å². The zero-order chi connectivity index (χ0) is 10.8. The maximum atomic E-state index is 12.0. The van der Waals surface area contributed by atoms with E-state index in [9.17, 15) is 4.79 Å². The summed E-state index contributed by atoms with van der Waals surface area (Å²) in [5.41, 5.74) is 0.901. The molecule has 2 heterocycles. The second-order valence-electron chi connectivity index (χ2n) is 4.00. The third-order valence-electron chi connectivity index (χ3n) is 2.96. The number of hydrogen-bond donors (Lipinski definition) is 1. The van der Waals surface area contributed by atoms with Crippen LogP contribution in [0.3, 0.4) is 0 Å². The second-order valence-corrected chi connectivity index (χ2v) is 4.00. The van der Waals surface area contributed by atoms with Crippen molar-refractivity contribution >= 4 is 18.3 Å². The minimum Gasteiger partial charge on any atom is -0.459 e. The first-order chi connectivity index (χ1) is 7.20. The average molecular weight is 245 g/mol. The Hall–Kier alpha value is -1.00. The van der Waals surface area contributed by atoms with Crippen molar-refractivity contribution in [2.24, 2.45) is 0 Å². The van der Waals surface area contributed by atoms with E-state index in [2.05, 4.69) is 5.32 Å². The molecule has 1 fully saturated rings. The van der Waals surface area contributed by atoms with Gasteiger partial charge in [-0.3, -0.25) is 4.79 Å². The van der Waals surface area contributed by atoms with Gasteiger partial charge in [-0.15, -0.1) is 12.4 Å². The van der Waals surface area contributed by atoms with Gasteiger partial charge in [0.15, 0.2) is 5.76 Å². The molecule has 0 radical (unpaired) electrons. The van der Waals surface area contributed by atoms with E-state index < -0.39 is 0 Å². The molecule has 90 valence electrons. The van der Waals surface area contributed by atoms with E-state index in [1.54, 1.807) is 11.2 Å². The lowest BCUT2D eigenvalue weighted by Gasteiger charge is -2.22. The first kappa shape index (κ1) is 13.1. The molecule has 1 aromatic rings. The number of carbonyl (C=O) groups is 1. The molecule has 4 nitrogen and oxygen atoms in total. The molecular formula is C11H17ClN2O2. The highest BCUT2D eigenvalue weighted by atomic mass is 35.5. The fourth-order valence-corrected chi connectivity index (χ4v) is 1.89. The van der Waals surface area contributed by atoms with Gasteiger partial charge in [-0.1, -0.05) is 0 Å². The number of amides is 1. The van der Waals surface area contributed by atoms with E-state index in [-0.39, 0.29) is 18.3 Å². The maximum Gasteiger partial charge on any atom is 0.289 e. The number of rotatable bonds is 2. The summed E-state index contributed by atoms with van der Waals surface area (Å²) in [6.45, 7) is 3.75. The molecule has 1 saturated heterocycles. The molecule has 16 heavy (non-hydrogen) atoms. The van der Waals surface area contributed by atoms with Crippen LogP contribution in [-0.4, -0.2) is 37.0 Å². The fraction of sp³-hybridized carbons (Fsp3) is 0.545. The Morgan fingerprint density at radius 1 is 1.62 bits per heavy atom. The van der Waals surface area contributed by atoms with Gasteiger partial charge in [0, 0.05) is 25.2 Å². The van der Waals surface area contributed by atoms with Crippen molar-refractivity contribution in [3.05, 3.63) is 23.7 Å². The monoisotopic (exact) mass is 244 g/mol. The highest BCUT2D eigenvalue weighted by molar-refractivity contribution is 5.92. The van der Waals surface area contributed by atoms with Gasteiger partial charge in [-0.05, 0) is 26.0 Å². The van der Waals surface area contributed by atoms with Crippen molar-refractivity contribution < 1.29 is 9.21 Å². The summed E-state index contributed by atoms with van der Waals surface area (Å²) in [5.74, 6) is 0.440. The summed E-state index contributed by atoms with van der Waals surface area (Å²) in [4.78, 5) is 13.8. The number of nitrogens with one attached hydrogen (secondary N) is 1. The van der Waals surface area contributed by atoms with Crippen LogP contribution in [0.15, 0.2) is 16.7 Å². The molecular weight excluding hydrogens is 228 g/mol. The smallest absolute Gasteiger partial charge is 0.289 e. The second kappa shape index (κ2) is 5.37. The molecule has 1 unspecified atom stereocenters. The largest absolute Gasteiger partial charge is 0.459 e. The summed E-state index contributed by atoms with van der Waals surface area (Å²) in [6, 6.07) is 2.11. The predicted molar refractivity (Wildman–Crippen MR) is 64.1 cm³/mol. The number of nitrogens with zero attached hydrogens (tertiary/aromatic N) is 1. The number of likely N-dealkylation sites (N-methyl/N-ethyl adjacent to an activating group) is 1. The predicted octanol–water partition coefficient (Wildman–Crippen LogP) is 1.44. The van der Waals surface area contributed by atoms with E-state index in [1.807, 2.05) is 20.0 Å². The topological polar surface area (TPSA) is 45.5 Å². The van der Waals surface area contributed by atoms with Crippen molar-refractivity contribution in [2.75, 3.05) is 20.1 Å². The Bertz CT molecular complexity index is 359. The fourth-order valence-electron chi connectivity index (χ4n) is 1.89. The minimum absolute atomic E-state index is 0. The quantitative estimate of drug-likeness (QED) is 0.857. The lowest BCUT2D eigenvalue weighted by Crippen LogP contribution is -2.38. The first-order valence-corrected chi connectivity index (χ1v) is 5.22. The van der Waals surface area contributed by atoms with E-state index in [0.29, 0.717) is 11.8 Å². The lowest BCUT2D eigenvalue weighted by atomic mass is 10.2. The Balaban J connectivity index is 0.00000128. The van der Waals surface area contributed by atoms with E-state index in [1.165, 1.54) is 0 Å². The summed E-state index contributed by atoms with van der Waals surface area (Å²) < 4.78 is 5.20. The number of aryl methyl sites for hydroxylation is 1. The van der Waals surface area contributed by atoms with Gasteiger partial charge in [-0.2, -0.15) is 0 Å². The molecule has 1 atom stereocenters. The molecule has 0 bridgehead atoms. The van der Waals surface area contributed by atoms with Crippen molar-refractivity contribution in [1.29, 1.82) is 0 Å². The van der Waals surface area contributed by atoms with Gasteiger partial charge in [0.05, 0.1) is 6.26 Å². The Kier molecular flexibility index (Phi) is 4.38. The van der Waals surface area contributed by atoms with Crippen LogP contribution in [-0.2, 0) is 0 Å². The summed E-state index contributed by atoms with van der Waals surface area (Å²) in [5, 5.41) is 3.24. The van der Waals surface area contributed by atoms with Gasteiger partial charge in [-0.25, -0.2) is 0 Å². The van der Waals surface area contributed by atoms with Crippen LogP contribution in [0.4, 0.5) is 0 Å². The molecule has 0 aromatic carbocycles. The number of hydrogen-bond acceptors (Lipinski definition) is 3. The minimum atomic E-state index is -0.0220. The van der Waals surface area contributed by atoms with Crippen LogP contribution in [0.5, 0.6) is 0 Å². The maximum absolute atomic E-state index is 12.0. The van der Waals surface area contributed by atoms with Gasteiger partial charge >= 0.3 is 0 Å². The standard InChI is InChI=1S/C11H16N2O2.ClH/c1-8-4-6-15-10(8)11(14)13(2)9-3-5-12-7-9;/h4,6,9,12H,3,5,7H2,1-2H3;1H. The third kappa shape index (κ3) is 2.39. The summed E-state index contributed by atoms with van der Waals surface area (Å²) in [7, 11) is 1.84. The first-order valence-electron chi connectivity index (χ1n) is 5.22. The zero-order valence-corrected chi connectivity index (χ0v) is 10.3. The third-order valence-corrected chi connectivity index (χ3v) is 2.96. The Labute approximate surface area is 101 Å². The van der Waals surface area contributed by atoms with E-state index in [4.69, 9.17) is 4.42 Å². The van der Waals surface area contributed by atoms with Crippen LogP contribution in [0.25, 0.3) is 0 Å². The zero-order valence-electron chi connectivity index (χ0n) is 9.53. The average Bonchev–Trinajstić information content (AvgIpc) is 2.85. The molecule has 5 heteroatoms. The molecule has 0 spiro atoms. The molecule has 1 aromatic heterocycles. The number of carbonyl (C=O) groups excluding carboxylic acids is 1. The highest BCUT2D eigenvalue weighted by Gasteiger charge is 2.26. The van der Waals surface area contributed by atoms with Gasteiger partial charge in [0.2, 0.25) is 0 Å². The highest BCUT2D eigenvalue weighted by Crippen LogP contribution is 2.15. The summed E-state index contributed by atoms with van der Waals surface area (Å²) in [6.07, 6.45) is 2.57. The Morgan fingerprint density at radius 3 is 2.88 bits per heavy atom. The number of halogens is 1. The molecule has 0 aliphatic carbocycles. The van der Waals surface area contributed by atoms with E-state index in [0.717, 1.165) is 25.1 Å². The molecule has 1 N–H and O–H groups in total. The van der Waals surface area contributed by atoms with Crippen molar-refractivity contribution in [3.8, 4) is 0 Å². The molecule has 0 saturated carbocycles. The van der Waals surface area contributed by atoms with E-state index >= 15 is 0 Å². The van der Waals surface area contributed by atoms with Crippen molar-refractivity contribution in [1.82, 2.24) is 10.2 Å². The van der Waals surface area contributed by atoms with Gasteiger partial charge < -0.3 is 14.6 Å². The normalized spacial score (nSPS) is 19.2. The van der Waals surface area contributed by atoms with Crippen LogP contribution in [0, 0.1) is 6.92 Å². The van der Waals surface area contributed by atoms with Crippen LogP contribution in [0.2, 0.25) is 0 Å². The molecule has 1 amide bonds. The van der Waals surface area contributed by atoms with Crippen LogP contribution >= 0.6 is 12.4 Å². The van der Waals surface area contributed by atoms with Gasteiger partial charge in [0.1, 0.15) is 0 Å². The van der Waals surface area contributed by atoms with Crippen molar-refractivity contribution in [3.63, 3.8) is 0 Å². The molecule has 1 aliphatic heterocycles. The molecule has 1 aliphatic rings. The SMILES string of the molecule is Cc1ccoc1C(=O)N(C)C1CCNC1.Cl. The number of furan rings is 1. The van der Waals surface area contributed by atoms with Crippen molar-refractivity contribution in [2.45, 2.75) is 19.4 Å².